The first-order valence-electron chi connectivity index (χ1n) is 4.17. The summed E-state index contributed by atoms with van der Waals surface area (Å²) in [6.45, 7) is 2.24. The third kappa shape index (κ3) is 8.09. The van der Waals surface area contributed by atoms with Crippen molar-refractivity contribution in [3.8, 4) is 0 Å². The van der Waals surface area contributed by atoms with Crippen LogP contribution in [-0.4, -0.2) is 5.75 Å². The fraction of sp³-hybridized carbons (Fsp3) is 0.778. The van der Waals surface area contributed by atoms with Crippen LogP contribution in [0.15, 0.2) is 12.2 Å². The van der Waals surface area contributed by atoms with Crippen molar-refractivity contribution < 1.29 is 0 Å². The third-order valence-corrected chi connectivity index (χ3v) is 1.71. The molecule has 0 saturated heterocycles. The first kappa shape index (κ1) is 10.1. The molecular weight excluding hydrogens is 140 g/mol. The fourth-order valence-electron chi connectivity index (χ4n) is 0.881. The van der Waals surface area contributed by atoms with Crippen LogP contribution < -0.4 is 0 Å². The Morgan fingerprint density at radius 2 is 1.90 bits per heavy atom. The molecule has 0 N–H and O–H groups in total. The molecule has 0 saturated carbocycles. The van der Waals surface area contributed by atoms with E-state index in [1.807, 2.05) is 0 Å². The first-order valence-corrected chi connectivity index (χ1v) is 4.81. The zero-order chi connectivity index (χ0) is 7.66. The van der Waals surface area contributed by atoms with Gasteiger partial charge in [-0.2, -0.15) is 12.6 Å². The standard InChI is InChI=1S/C9H18S/c1-2-3-4-5-6-7-8-9-10/h7-8,10H,2-6,9H2,1H3. The van der Waals surface area contributed by atoms with E-state index in [1.54, 1.807) is 0 Å². The van der Waals surface area contributed by atoms with Crippen molar-refractivity contribution in [3.63, 3.8) is 0 Å². The van der Waals surface area contributed by atoms with Crippen LogP contribution in [0.4, 0.5) is 0 Å². The molecule has 0 bridgehead atoms. The smallest absolute Gasteiger partial charge is 0.00825 e. The number of allylic oxidation sites excluding steroid dienone is 1. The monoisotopic (exact) mass is 158 g/mol. The van der Waals surface area contributed by atoms with Crippen molar-refractivity contribution in [2.24, 2.45) is 0 Å². The van der Waals surface area contributed by atoms with Crippen LogP contribution in [-0.2, 0) is 0 Å². The maximum absolute atomic E-state index is 4.08. The van der Waals surface area contributed by atoms with Crippen LogP contribution in [0.25, 0.3) is 0 Å². The molecule has 0 nitrogen and oxygen atoms in total. The second-order valence-corrected chi connectivity index (χ2v) is 2.87. The number of hydrogen-bond acceptors (Lipinski definition) is 1. The van der Waals surface area contributed by atoms with Crippen molar-refractivity contribution in [2.45, 2.75) is 39.0 Å². The van der Waals surface area contributed by atoms with E-state index >= 15 is 0 Å². The molecule has 60 valence electrons. The van der Waals surface area contributed by atoms with Crippen LogP contribution in [0.3, 0.4) is 0 Å². The van der Waals surface area contributed by atoms with E-state index in [4.69, 9.17) is 0 Å². The summed E-state index contributed by atoms with van der Waals surface area (Å²) in [5.41, 5.74) is 0. The molecule has 0 aliphatic heterocycles. The van der Waals surface area contributed by atoms with Crippen molar-refractivity contribution >= 4 is 12.6 Å². The highest BCUT2D eigenvalue weighted by atomic mass is 32.1. The molecule has 0 spiro atoms. The second kappa shape index (κ2) is 9.09. The van der Waals surface area contributed by atoms with Gasteiger partial charge < -0.3 is 0 Å². The van der Waals surface area contributed by atoms with Crippen molar-refractivity contribution in [3.05, 3.63) is 12.2 Å². The molecule has 0 unspecified atom stereocenters. The molecular formula is C9H18S. The molecule has 0 aromatic rings. The maximum Gasteiger partial charge on any atom is 0.00825 e. The Morgan fingerprint density at radius 1 is 1.10 bits per heavy atom. The van der Waals surface area contributed by atoms with Gasteiger partial charge in [0.2, 0.25) is 0 Å². The molecule has 0 aliphatic carbocycles. The summed E-state index contributed by atoms with van der Waals surface area (Å²) in [6.07, 6.45) is 11.0. The Bertz CT molecular complexity index is 76.8. The summed E-state index contributed by atoms with van der Waals surface area (Å²) >= 11 is 4.08. The number of unbranched alkanes of at least 4 members (excludes halogenated alkanes) is 4. The SMILES string of the molecule is CCCCCCC=CCS. The van der Waals surface area contributed by atoms with Crippen LogP contribution >= 0.6 is 12.6 Å². The molecule has 0 heterocycles. The number of rotatable bonds is 6. The molecule has 0 aromatic carbocycles. The van der Waals surface area contributed by atoms with E-state index in [2.05, 4.69) is 31.7 Å². The summed E-state index contributed by atoms with van der Waals surface area (Å²) < 4.78 is 0. The van der Waals surface area contributed by atoms with Crippen LogP contribution in [0.5, 0.6) is 0 Å². The molecule has 0 fully saturated rings. The normalized spacial score (nSPS) is 11.0. The van der Waals surface area contributed by atoms with Gasteiger partial charge in [-0.05, 0) is 12.8 Å². The highest BCUT2D eigenvalue weighted by molar-refractivity contribution is 7.80. The Labute approximate surface area is 70.1 Å². The Morgan fingerprint density at radius 3 is 2.50 bits per heavy atom. The van der Waals surface area contributed by atoms with Gasteiger partial charge in [0.1, 0.15) is 0 Å². The average Bonchev–Trinajstić information content (AvgIpc) is 1.97. The second-order valence-electron chi connectivity index (χ2n) is 2.50. The van der Waals surface area contributed by atoms with Crippen molar-refractivity contribution in [2.75, 3.05) is 5.75 Å². The lowest BCUT2D eigenvalue weighted by Gasteiger charge is -1.92. The summed E-state index contributed by atoms with van der Waals surface area (Å²) in [5, 5.41) is 0. The maximum atomic E-state index is 4.08. The predicted octanol–water partition coefficient (Wildman–Crippen LogP) is 3.44. The third-order valence-electron chi connectivity index (χ3n) is 1.50. The van der Waals surface area contributed by atoms with E-state index in [-0.39, 0.29) is 0 Å². The van der Waals surface area contributed by atoms with Gasteiger partial charge >= 0.3 is 0 Å². The van der Waals surface area contributed by atoms with E-state index in [0.717, 1.165) is 5.75 Å². The first-order chi connectivity index (χ1) is 4.91. The summed E-state index contributed by atoms with van der Waals surface area (Å²) in [7, 11) is 0. The van der Waals surface area contributed by atoms with Crippen LogP contribution in [0.2, 0.25) is 0 Å². The van der Waals surface area contributed by atoms with Crippen LogP contribution in [0.1, 0.15) is 39.0 Å². The highest BCUT2D eigenvalue weighted by Crippen LogP contribution is 2.02. The van der Waals surface area contributed by atoms with Gasteiger partial charge in [-0.25, -0.2) is 0 Å². The van der Waals surface area contributed by atoms with Gasteiger partial charge in [-0.3, -0.25) is 0 Å². The van der Waals surface area contributed by atoms with Gasteiger partial charge in [0.25, 0.3) is 0 Å². The van der Waals surface area contributed by atoms with Crippen LogP contribution in [0, 0.1) is 0 Å². The summed E-state index contributed by atoms with van der Waals surface area (Å²) in [6, 6.07) is 0. The minimum atomic E-state index is 0.883. The quantitative estimate of drug-likeness (QED) is 0.342. The average molecular weight is 158 g/mol. The van der Waals surface area contributed by atoms with Gasteiger partial charge in [-0.15, -0.1) is 0 Å². The summed E-state index contributed by atoms with van der Waals surface area (Å²) in [5.74, 6) is 0.883. The molecule has 1 heteroatoms. The molecule has 0 rings (SSSR count). The zero-order valence-corrected chi connectivity index (χ0v) is 7.74. The number of thiol groups is 1. The Balaban J connectivity index is 2.83. The fourth-order valence-corrected chi connectivity index (χ4v) is 1.03. The molecule has 0 amide bonds. The van der Waals surface area contributed by atoms with Gasteiger partial charge in [-0.1, -0.05) is 38.3 Å². The zero-order valence-electron chi connectivity index (χ0n) is 6.84. The Hall–Kier alpha value is 0.0900. The molecule has 0 radical (unpaired) electrons. The van der Waals surface area contributed by atoms with Gasteiger partial charge in [0, 0.05) is 5.75 Å². The van der Waals surface area contributed by atoms with Crippen molar-refractivity contribution in [1.29, 1.82) is 0 Å². The molecule has 0 aliphatic rings. The lowest BCUT2D eigenvalue weighted by Crippen LogP contribution is -1.73. The predicted molar refractivity (Wildman–Crippen MR) is 51.8 cm³/mol. The lowest BCUT2D eigenvalue weighted by atomic mass is 10.1. The largest absolute Gasteiger partial charge is 0.175 e. The van der Waals surface area contributed by atoms with E-state index in [0.29, 0.717) is 0 Å². The van der Waals surface area contributed by atoms with Crippen molar-refractivity contribution in [1.82, 2.24) is 0 Å². The molecule has 0 atom stereocenters. The summed E-state index contributed by atoms with van der Waals surface area (Å²) in [4.78, 5) is 0. The van der Waals surface area contributed by atoms with E-state index < -0.39 is 0 Å². The minimum absolute atomic E-state index is 0.883. The minimum Gasteiger partial charge on any atom is -0.175 e. The van der Waals surface area contributed by atoms with E-state index in [1.165, 1.54) is 32.1 Å². The van der Waals surface area contributed by atoms with E-state index in [9.17, 15) is 0 Å². The Kier molecular flexibility index (Phi) is 9.17. The molecule has 0 aromatic heterocycles. The lowest BCUT2D eigenvalue weighted by molar-refractivity contribution is 0.674. The van der Waals surface area contributed by atoms with Gasteiger partial charge in [0.05, 0.1) is 0 Å². The topological polar surface area (TPSA) is 0 Å². The number of hydrogen-bond donors (Lipinski definition) is 1. The van der Waals surface area contributed by atoms with Gasteiger partial charge in [0.15, 0.2) is 0 Å². The highest BCUT2D eigenvalue weighted by Gasteiger charge is 1.82. The molecule has 10 heavy (non-hydrogen) atoms.